The Bertz CT molecular complexity index is 747. The van der Waals surface area contributed by atoms with Crippen molar-refractivity contribution in [2.45, 2.75) is 51.9 Å². The molecule has 0 fully saturated rings. The van der Waals surface area contributed by atoms with Crippen molar-refractivity contribution in [2.75, 3.05) is 0 Å². The topological polar surface area (TPSA) is 0 Å². The molecule has 120 valence electrons. The van der Waals surface area contributed by atoms with Gasteiger partial charge in [-0.15, -0.1) is 0 Å². The van der Waals surface area contributed by atoms with E-state index in [9.17, 15) is 0 Å². The van der Waals surface area contributed by atoms with Crippen LogP contribution in [0.25, 0.3) is 5.57 Å². The fourth-order valence-corrected chi connectivity index (χ4v) is 5.37. The van der Waals surface area contributed by atoms with E-state index in [1.807, 2.05) is 0 Å². The minimum Gasteiger partial charge on any atom is -0.0795 e. The van der Waals surface area contributed by atoms with E-state index in [-0.39, 0.29) is 5.41 Å². The first-order chi connectivity index (χ1) is 10.9. The predicted octanol–water partition coefficient (Wildman–Crippen LogP) is 6.82. The van der Waals surface area contributed by atoms with E-state index in [1.54, 1.807) is 16.7 Å². The van der Waals surface area contributed by atoms with Gasteiger partial charge in [-0.1, -0.05) is 68.8 Å². The molecule has 0 spiro atoms. The predicted molar refractivity (Wildman–Crippen MR) is 108 cm³/mol. The SMILES string of the molecule is CC1(C)c2ccccc2C2=CC[C@](C)(C3=CC=C(I)CC3)CC21. The summed E-state index contributed by atoms with van der Waals surface area (Å²) >= 11 is 2.48. The molecule has 0 nitrogen and oxygen atoms in total. The molecule has 0 aromatic heterocycles. The molecule has 1 aromatic rings. The van der Waals surface area contributed by atoms with Crippen LogP contribution in [0.5, 0.6) is 0 Å². The summed E-state index contributed by atoms with van der Waals surface area (Å²) in [6.45, 7) is 7.39. The van der Waals surface area contributed by atoms with Gasteiger partial charge < -0.3 is 0 Å². The van der Waals surface area contributed by atoms with Gasteiger partial charge in [0.1, 0.15) is 0 Å². The third kappa shape index (κ3) is 2.38. The quantitative estimate of drug-likeness (QED) is 0.441. The maximum atomic E-state index is 2.56. The van der Waals surface area contributed by atoms with E-state index in [1.165, 1.54) is 34.8 Å². The summed E-state index contributed by atoms with van der Waals surface area (Å²) < 4.78 is 1.50. The van der Waals surface area contributed by atoms with Gasteiger partial charge in [-0.05, 0) is 85.3 Å². The molecule has 1 unspecified atom stereocenters. The van der Waals surface area contributed by atoms with Gasteiger partial charge >= 0.3 is 0 Å². The second-order valence-corrected chi connectivity index (χ2v) is 9.64. The van der Waals surface area contributed by atoms with Crippen LogP contribution >= 0.6 is 22.6 Å². The van der Waals surface area contributed by atoms with Crippen molar-refractivity contribution in [1.29, 1.82) is 0 Å². The molecule has 0 bridgehead atoms. The summed E-state index contributed by atoms with van der Waals surface area (Å²) in [7, 11) is 0. The van der Waals surface area contributed by atoms with E-state index in [0.29, 0.717) is 11.3 Å². The van der Waals surface area contributed by atoms with Gasteiger partial charge in [0.25, 0.3) is 0 Å². The lowest BCUT2D eigenvalue weighted by Crippen LogP contribution is -2.33. The van der Waals surface area contributed by atoms with Gasteiger partial charge in [0, 0.05) is 0 Å². The van der Waals surface area contributed by atoms with Crippen molar-refractivity contribution in [3.63, 3.8) is 0 Å². The fraction of sp³-hybridized carbons (Fsp3) is 0.455. The smallest absolute Gasteiger partial charge is 0.00285 e. The second kappa shape index (κ2) is 5.34. The molecule has 0 saturated heterocycles. The second-order valence-electron chi connectivity index (χ2n) is 8.25. The Balaban J connectivity index is 1.74. The average Bonchev–Trinajstić information content (AvgIpc) is 2.76. The Morgan fingerprint density at radius 2 is 1.83 bits per heavy atom. The van der Waals surface area contributed by atoms with Crippen LogP contribution in [-0.2, 0) is 5.41 Å². The van der Waals surface area contributed by atoms with Crippen molar-refractivity contribution in [3.8, 4) is 0 Å². The van der Waals surface area contributed by atoms with Crippen LogP contribution in [0.3, 0.4) is 0 Å². The molecule has 3 aliphatic rings. The molecule has 3 aliphatic carbocycles. The van der Waals surface area contributed by atoms with Crippen molar-refractivity contribution in [3.05, 3.63) is 62.8 Å². The zero-order chi connectivity index (χ0) is 16.2. The number of benzene rings is 1. The molecule has 23 heavy (non-hydrogen) atoms. The first-order valence-electron chi connectivity index (χ1n) is 8.77. The number of hydrogen-bond donors (Lipinski definition) is 0. The molecule has 2 atom stereocenters. The molecule has 0 amide bonds. The molecular formula is C22H25I. The van der Waals surface area contributed by atoms with Crippen molar-refractivity contribution >= 4 is 28.2 Å². The summed E-state index contributed by atoms with van der Waals surface area (Å²) in [5.41, 5.74) is 6.93. The van der Waals surface area contributed by atoms with E-state index in [0.717, 1.165) is 0 Å². The highest BCUT2D eigenvalue weighted by Gasteiger charge is 2.48. The number of fused-ring (bicyclic) bond motifs is 3. The zero-order valence-electron chi connectivity index (χ0n) is 14.3. The Labute approximate surface area is 153 Å². The molecular weight excluding hydrogens is 391 g/mol. The third-order valence-corrected chi connectivity index (χ3v) is 7.38. The van der Waals surface area contributed by atoms with Crippen LogP contribution in [-0.4, -0.2) is 0 Å². The zero-order valence-corrected chi connectivity index (χ0v) is 16.5. The van der Waals surface area contributed by atoms with Gasteiger partial charge in [0.15, 0.2) is 0 Å². The fourth-order valence-electron chi connectivity index (χ4n) is 4.92. The van der Waals surface area contributed by atoms with Gasteiger partial charge in [0.2, 0.25) is 0 Å². The largest absolute Gasteiger partial charge is 0.0795 e. The first kappa shape index (κ1) is 15.7. The van der Waals surface area contributed by atoms with Gasteiger partial charge in [-0.2, -0.15) is 0 Å². The minimum atomic E-state index is 0.254. The lowest BCUT2D eigenvalue weighted by molar-refractivity contribution is 0.249. The number of allylic oxidation sites excluding steroid dienone is 6. The summed E-state index contributed by atoms with van der Waals surface area (Å²) in [5, 5.41) is 0. The summed E-state index contributed by atoms with van der Waals surface area (Å²) in [5.74, 6) is 0.657. The molecule has 4 rings (SSSR count). The standard InChI is InChI=1S/C22H25I/c1-21(2)19-7-5-4-6-17(19)18-12-13-22(3,14-20(18)21)15-8-10-16(23)11-9-15/h4-8,10,12,20H,9,11,13-14H2,1-3H3/t20?,22-/m0/s1. The Morgan fingerprint density at radius 3 is 2.57 bits per heavy atom. The van der Waals surface area contributed by atoms with Crippen LogP contribution < -0.4 is 0 Å². The molecule has 0 N–H and O–H groups in total. The van der Waals surface area contributed by atoms with Crippen molar-refractivity contribution < 1.29 is 0 Å². The molecule has 1 heteroatoms. The van der Waals surface area contributed by atoms with Gasteiger partial charge in [-0.3, -0.25) is 0 Å². The first-order valence-corrected chi connectivity index (χ1v) is 9.85. The summed E-state index contributed by atoms with van der Waals surface area (Å²) in [6.07, 6.45) is 12.3. The molecule has 0 radical (unpaired) electrons. The highest BCUT2D eigenvalue weighted by molar-refractivity contribution is 14.1. The van der Waals surface area contributed by atoms with E-state index < -0.39 is 0 Å². The van der Waals surface area contributed by atoms with Crippen LogP contribution in [0, 0.1) is 11.3 Å². The number of halogens is 1. The third-order valence-electron chi connectivity index (χ3n) is 6.48. The highest BCUT2D eigenvalue weighted by Crippen LogP contribution is 2.59. The Hall–Kier alpha value is -0.830. The summed E-state index contributed by atoms with van der Waals surface area (Å²) in [6, 6.07) is 9.07. The minimum absolute atomic E-state index is 0.254. The van der Waals surface area contributed by atoms with Crippen LogP contribution in [0.2, 0.25) is 0 Å². The Morgan fingerprint density at radius 1 is 1.04 bits per heavy atom. The maximum absolute atomic E-state index is 2.56. The molecule has 0 heterocycles. The highest BCUT2D eigenvalue weighted by atomic mass is 127. The Kier molecular flexibility index (Phi) is 3.64. The molecule has 0 saturated carbocycles. The molecule has 1 aromatic carbocycles. The van der Waals surface area contributed by atoms with Crippen molar-refractivity contribution in [2.24, 2.45) is 11.3 Å². The monoisotopic (exact) mass is 416 g/mol. The maximum Gasteiger partial charge on any atom is -0.00285 e. The number of hydrogen-bond acceptors (Lipinski definition) is 0. The van der Waals surface area contributed by atoms with E-state index >= 15 is 0 Å². The lowest BCUT2D eigenvalue weighted by Gasteiger charge is -2.43. The van der Waals surface area contributed by atoms with Crippen LogP contribution in [0.15, 0.2) is 51.6 Å². The van der Waals surface area contributed by atoms with Gasteiger partial charge in [0.05, 0.1) is 0 Å². The van der Waals surface area contributed by atoms with Crippen molar-refractivity contribution in [1.82, 2.24) is 0 Å². The summed E-state index contributed by atoms with van der Waals surface area (Å²) in [4.78, 5) is 0. The van der Waals surface area contributed by atoms with Gasteiger partial charge in [-0.25, -0.2) is 0 Å². The van der Waals surface area contributed by atoms with E-state index in [4.69, 9.17) is 0 Å². The van der Waals surface area contributed by atoms with Crippen LogP contribution in [0.4, 0.5) is 0 Å². The normalized spacial score (nSPS) is 31.7. The number of rotatable bonds is 1. The average molecular weight is 416 g/mol. The van der Waals surface area contributed by atoms with E-state index in [2.05, 4.69) is 85.9 Å². The lowest BCUT2D eigenvalue weighted by atomic mass is 9.61. The van der Waals surface area contributed by atoms with Crippen LogP contribution in [0.1, 0.15) is 57.6 Å². The molecule has 0 aliphatic heterocycles.